The normalized spacial score (nSPS) is 20.5. The highest BCUT2D eigenvalue weighted by molar-refractivity contribution is 5.88. The van der Waals surface area contributed by atoms with Crippen molar-refractivity contribution in [1.29, 1.82) is 0 Å². The van der Waals surface area contributed by atoms with Crippen LogP contribution in [-0.2, 0) is 14.4 Å². The molecule has 0 saturated carbocycles. The number of primary amides is 1. The van der Waals surface area contributed by atoms with Crippen molar-refractivity contribution >= 4 is 17.7 Å². The summed E-state index contributed by atoms with van der Waals surface area (Å²) in [5, 5.41) is 2.59. The average molecular weight is 213 g/mol. The van der Waals surface area contributed by atoms with Crippen LogP contribution in [-0.4, -0.2) is 42.3 Å². The van der Waals surface area contributed by atoms with E-state index in [1.807, 2.05) is 0 Å². The Bertz CT molecular complexity index is 290. The quantitative estimate of drug-likeness (QED) is 0.592. The van der Waals surface area contributed by atoms with E-state index in [1.54, 1.807) is 4.90 Å². The lowest BCUT2D eigenvalue weighted by Crippen LogP contribution is -2.35. The summed E-state index contributed by atoms with van der Waals surface area (Å²) in [5.74, 6) is -1.03. The van der Waals surface area contributed by atoms with Crippen molar-refractivity contribution in [2.24, 2.45) is 11.7 Å². The van der Waals surface area contributed by atoms with Gasteiger partial charge in [-0.25, -0.2) is 0 Å². The Hall–Kier alpha value is -1.59. The molecule has 1 rings (SSSR count). The Morgan fingerprint density at radius 1 is 1.60 bits per heavy atom. The van der Waals surface area contributed by atoms with Gasteiger partial charge in [0.05, 0.1) is 5.92 Å². The van der Waals surface area contributed by atoms with Crippen LogP contribution >= 0.6 is 0 Å². The van der Waals surface area contributed by atoms with Gasteiger partial charge in [0.1, 0.15) is 0 Å². The Balaban J connectivity index is 2.34. The van der Waals surface area contributed by atoms with E-state index < -0.39 is 5.91 Å². The molecule has 1 saturated heterocycles. The van der Waals surface area contributed by atoms with Gasteiger partial charge in [-0.2, -0.15) is 0 Å². The molecule has 1 fully saturated rings. The molecule has 0 aliphatic carbocycles. The van der Waals surface area contributed by atoms with Crippen molar-refractivity contribution in [1.82, 2.24) is 10.2 Å². The summed E-state index contributed by atoms with van der Waals surface area (Å²) in [6.45, 7) is 2.63. The summed E-state index contributed by atoms with van der Waals surface area (Å²) in [5.41, 5.74) is 5.11. The highest BCUT2D eigenvalue weighted by Gasteiger charge is 2.32. The standard InChI is InChI=1S/C9H15N3O3/c1-6(13)11-2-3-12-5-7(9(10)15)4-8(12)14/h7H,2-5H2,1H3,(H2,10,15)(H,11,13). The molecule has 15 heavy (non-hydrogen) atoms. The minimum Gasteiger partial charge on any atom is -0.369 e. The first kappa shape index (κ1) is 11.5. The molecule has 6 nitrogen and oxygen atoms in total. The molecule has 0 aromatic heterocycles. The van der Waals surface area contributed by atoms with Gasteiger partial charge in [0.15, 0.2) is 0 Å². The minimum absolute atomic E-state index is 0.0795. The Morgan fingerprint density at radius 2 is 2.27 bits per heavy atom. The third-order valence-corrected chi connectivity index (χ3v) is 2.37. The molecule has 6 heteroatoms. The predicted octanol–water partition coefficient (Wildman–Crippen LogP) is -1.54. The Labute approximate surface area is 87.8 Å². The Morgan fingerprint density at radius 3 is 2.73 bits per heavy atom. The van der Waals surface area contributed by atoms with Crippen LogP contribution < -0.4 is 11.1 Å². The maximum atomic E-state index is 11.4. The number of nitrogens with two attached hydrogens (primary N) is 1. The van der Waals surface area contributed by atoms with E-state index in [2.05, 4.69) is 5.32 Å². The highest BCUT2D eigenvalue weighted by atomic mass is 16.2. The van der Waals surface area contributed by atoms with E-state index in [0.717, 1.165) is 0 Å². The van der Waals surface area contributed by atoms with Gasteiger partial charge in [-0.1, -0.05) is 0 Å². The van der Waals surface area contributed by atoms with Gasteiger partial charge in [-0.15, -0.1) is 0 Å². The first-order chi connectivity index (χ1) is 7.00. The third-order valence-electron chi connectivity index (χ3n) is 2.37. The van der Waals surface area contributed by atoms with Crippen LogP contribution in [0.15, 0.2) is 0 Å². The number of nitrogens with one attached hydrogen (secondary N) is 1. The summed E-state index contributed by atoms with van der Waals surface area (Å²) >= 11 is 0. The minimum atomic E-state index is -0.439. The smallest absolute Gasteiger partial charge is 0.223 e. The van der Waals surface area contributed by atoms with Gasteiger partial charge in [-0.3, -0.25) is 14.4 Å². The van der Waals surface area contributed by atoms with Crippen molar-refractivity contribution in [2.45, 2.75) is 13.3 Å². The number of hydrogen-bond acceptors (Lipinski definition) is 3. The molecule has 0 spiro atoms. The molecule has 1 aliphatic rings. The SMILES string of the molecule is CC(=O)NCCN1CC(C(N)=O)CC1=O. The monoisotopic (exact) mass is 213 g/mol. The number of rotatable bonds is 4. The molecule has 1 unspecified atom stereocenters. The lowest BCUT2D eigenvalue weighted by Gasteiger charge is -2.15. The van der Waals surface area contributed by atoms with Crippen molar-refractivity contribution in [3.63, 3.8) is 0 Å². The second-order valence-electron chi connectivity index (χ2n) is 3.63. The first-order valence-electron chi connectivity index (χ1n) is 4.82. The molecule has 84 valence electrons. The van der Waals surface area contributed by atoms with E-state index in [9.17, 15) is 14.4 Å². The van der Waals surface area contributed by atoms with Crippen molar-refractivity contribution in [2.75, 3.05) is 19.6 Å². The molecule has 1 heterocycles. The molecule has 3 N–H and O–H groups in total. The largest absolute Gasteiger partial charge is 0.369 e. The maximum Gasteiger partial charge on any atom is 0.223 e. The van der Waals surface area contributed by atoms with Gasteiger partial charge in [0, 0.05) is 33.0 Å². The molecule has 0 radical (unpaired) electrons. The van der Waals surface area contributed by atoms with Gasteiger partial charge in [0.25, 0.3) is 0 Å². The van der Waals surface area contributed by atoms with E-state index in [4.69, 9.17) is 5.73 Å². The van der Waals surface area contributed by atoms with Crippen molar-refractivity contribution < 1.29 is 14.4 Å². The number of amides is 3. The van der Waals surface area contributed by atoms with Crippen LogP contribution in [0.5, 0.6) is 0 Å². The molecule has 1 atom stereocenters. The average Bonchev–Trinajstić information content (AvgIpc) is 2.47. The van der Waals surface area contributed by atoms with Crippen LogP contribution in [0.4, 0.5) is 0 Å². The van der Waals surface area contributed by atoms with E-state index in [1.165, 1.54) is 6.92 Å². The summed E-state index contributed by atoms with van der Waals surface area (Å²) in [7, 11) is 0. The Kier molecular flexibility index (Phi) is 3.65. The van der Waals surface area contributed by atoms with E-state index in [0.29, 0.717) is 19.6 Å². The lowest BCUT2D eigenvalue weighted by molar-refractivity contribution is -0.128. The third kappa shape index (κ3) is 3.23. The summed E-state index contributed by atoms with van der Waals surface area (Å²) < 4.78 is 0. The zero-order valence-electron chi connectivity index (χ0n) is 8.66. The van der Waals surface area contributed by atoms with Crippen LogP contribution in [0.2, 0.25) is 0 Å². The highest BCUT2D eigenvalue weighted by Crippen LogP contribution is 2.16. The van der Waals surface area contributed by atoms with Crippen LogP contribution in [0.1, 0.15) is 13.3 Å². The molecule has 1 aliphatic heterocycles. The van der Waals surface area contributed by atoms with Crippen molar-refractivity contribution in [3.8, 4) is 0 Å². The second-order valence-corrected chi connectivity index (χ2v) is 3.63. The second kappa shape index (κ2) is 4.77. The molecule has 0 aromatic carbocycles. The lowest BCUT2D eigenvalue weighted by atomic mass is 10.1. The van der Waals surface area contributed by atoms with E-state index >= 15 is 0 Å². The van der Waals surface area contributed by atoms with Crippen LogP contribution in [0.3, 0.4) is 0 Å². The number of hydrogen-bond donors (Lipinski definition) is 2. The van der Waals surface area contributed by atoms with Gasteiger partial charge in [-0.05, 0) is 0 Å². The number of nitrogens with zero attached hydrogens (tertiary/aromatic N) is 1. The van der Waals surface area contributed by atoms with Crippen LogP contribution in [0, 0.1) is 5.92 Å². The summed E-state index contributed by atoms with van der Waals surface area (Å²) in [4.78, 5) is 34.3. The van der Waals surface area contributed by atoms with Gasteiger partial charge in [0.2, 0.25) is 17.7 Å². The van der Waals surface area contributed by atoms with Gasteiger partial charge < -0.3 is 16.0 Å². The maximum absolute atomic E-state index is 11.4. The number of carbonyl (C=O) groups is 3. The predicted molar refractivity (Wildman–Crippen MR) is 52.6 cm³/mol. The molecule has 0 bridgehead atoms. The topological polar surface area (TPSA) is 92.5 Å². The first-order valence-corrected chi connectivity index (χ1v) is 4.82. The zero-order valence-corrected chi connectivity index (χ0v) is 8.66. The fourth-order valence-electron chi connectivity index (χ4n) is 1.55. The number of carbonyl (C=O) groups excluding carboxylic acids is 3. The zero-order chi connectivity index (χ0) is 11.4. The fourth-order valence-corrected chi connectivity index (χ4v) is 1.55. The van der Waals surface area contributed by atoms with Crippen molar-refractivity contribution in [3.05, 3.63) is 0 Å². The fraction of sp³-hybridized carbons (Fsp3) is 0.667. The molecular weight excluding hydrogens is 198 g/mol. The number of likely N-dealkylation sites (tertiary alicyclic amines) is 1. The van der Waals surface area contributed by atoms with Gasteiger partial charge >= 0.3 is 0 Å². The van der Waals surface area contributed by atoms with Crippen LogP contribution in [0.25, 0.3) is 0 Å². The van der Waals surface area contributed by atoms with E-state index in [-0.39, 0.29) is 24.2 Å². The summed E-state index contributed by atoms with van der Waals surface area (Å²) in [6, 6.07) is 0. The molecule has 3 amide bonds. The molecule has 0 aromatic rings. The molecular formula is C9H15N3O3. The summed E-state index contributed by atoms with van der Waals surface area (Å²) in [6.07, 6.45) is 0.190.